The molecule has 1 rings (SSSR count). The molecule has 90 valence electrons. The first kappa shape index (κ1) is 14.4. The minimum atomic E-state index is -3.43. The fourth-order valence-electron chi connectivity index (χ4n) is 1.00. The molecular formula is C9H10Br2ClNO2S. The Kier molecular flexibility index (Phi) is 5.73. The zero-order chi connectivity index (χ0) is 12.2. The summed E-state index contributed by atoms with van der Waals surface area (Å²) in [5.41, 5.74) is 0. The third-order valence-corrected chi connectivity index (χ3v) is 5.04. The van der Waals surface area contributed by atoms with Crippen LogP contribution in [-0.2, 0) is 10.0 Å². The van der Waals surface area contributed by atoms with Crippen molar-refractivity contribution in [3.8, 4) is 0 Å². The van der Waals surface area contributed by atoms with Gasteiger partial charge in [-0.2, -0.15) is 0 Å². The van der Waals surface area contributed by atoms with E-state index in [0.29, 0.717) is 16.0 Å². The Bertz CT molecular complexity index is 465. The molecule has 1 N–H and O–H groups in total. The van der Waals surface area contributed by atoms with E-state index in [1.165, 1.54) is 12.1 Å². The fraction of sp³-hybridized carbons (Fsp3) is 0.333. The Morgan fingerprint density at radius 3 is 2.62 bits per heavy atom. The lowest BCUT2D eigenvalue weighted by molar-refractivity contribution is 0.581. The van der Waals surface area contributed by atoms with Gasteiger partial charge in [-0.15, -0.1) is 0 Å². The van der Waals surface area contributed by atoms with Gasteiger partial charge in [-0.05, 0) is 40.5 Å². The highest BCUT2D eigenvalue weighted by molar-refractivity contribution is 9.10. The molecular weight excluding hydrogens is 381 g/mol. The molecule has 0 atom stereocenters. The summed E-state index contributed by atoms with van der Waals surface area (Å²) in [5, 5.41) is 1.25. The zero-order valence-electron chi connectivity index (χ0n) is 8.21. The lowest BCUT2D eigenvalue weighted by Crippen LogP contribution is -2.25. The average Bonchev–Trinajstić information content (AvgIpc) is 2.22. The number of nitrogens with one attached hydrogen (secondary N) is 1. The Morgan fingerprint density at radius 2 is 2.06 bits per heavy atom. The van der Waals surface area contributed by atoms with E-state index in [2.05, 4.69) is 36.6 Å². The van der Waals surface area contributed by atoms with E-state index in [1.807, 2.05) is 0 Å². The first-order chi connectivity index (χ1) is 7.47. The summed E-state index contributed by atoms with van der Waals surface area (Å²) in [6.07, 6.45) is 0.744. The van der Waals surface area contributed by atoms with Crippen LogP contribution in [-0.4, -0.2) is 20.3 Å². The van der Waals surface area contributed by atoms with Crippen LogP contribution in [0.2, 0.25) is 5.02 Å². The van der Waals surface area contributed by atoms with Gasteiger partial charge in [0, 0.05) is 16.3 Å². The lowest BCUT2D eigenvalue weighted by atomic mass is 10.4. The maximum Gasteiger partial charge on any atom is 0.240 e. The normalized spacial score (nSPS) is 11.7. The first-order valence-electron chi connectivity index (χ1n) is 4.48. The van der Waals surface area contributed by atoms with Gasteiger partial charge >= 0.3 is 0 Å². The smallest absolute Gasteiger partial charge is 0.211 e. The number of halogens is 3. The number of rotatable bonds is 5. The molecule has 7 heteroatoms. The highest BCUT2D eigenvalue weighted by Gasteiger charge is 2.14. The van der Waals surface area contributed by atoms with Gasteiger partial charge in [0.2, 0.25) is 10.0 Å². The van der Waals surface area contributed by atoms with Crippen molar-refractivity contribution in [2.45, 2.75) is 11.3 Å². The summed E-state index contributed by atoms with van der Waals surface area (Å²) >= 11 is 12.2. The van der Waals surface area contributed by atoms with Crippen molar-refractivity contribution in [1.29, 1.82) is 0 Å². The second kappa shape index (κ2) is 6.35. The van der Waals surface area contributed by atoms with Gasteiger partial charge in [0.05, 0.1) is 9.92 Å². The van der Waals surface area contributed by atoms with E-state index in [0.717, 1.165) is 11.8 Å². The Hall–Kier alpha value is 0.380. The van der Waals surface area contributed by atoms with Gasteiger partial charge in [-0.1, -0.05) is 27.5 Å². The van der Waals surface area contributed by atoms with Gasteiger partial charge in [0.25, 0.3) is 0 Å². The molecule has 0 radical (unpaired) electrons. The van der Waals surface area contributed by atoms with Crippen molar-refractivity contribution in [2.75, 3.05) is 11.9 Å². The van der Waals surface area contributed by atoms with Crippen LogP contribution in [0, 0.1) is 0 Å². The van der Waals surface area contributed by atoms with E-state index in [-0.39, 0.29) is 4.90 Å². The first-order valence-corrected chi connectivity index (χ1v) is 8.25. The molecule has 0 aliphatic rings. The van der Waals surface area contributed by atoms with Gasteiger partial charge in [0.15, 0.2) is 0 Å². The topological polar surface area (TPSA) is 46.2 Å². The van der Waals surface area contributed by atoms with Crippen LogP contribution in [0.25, 0.3) is 0 Å². The third kappa shape index (κ3) is 4.00. The molecule has 0 aliphatic heterocycles. The molecule has 1 aromatic carbocycles. The maximum atomic E-state index is 11.8. The number of sulfonamides is 1. The Morgan fingerprint density at radius 1 is 1.38 bits per heavy atom. The van der Waals surface area contributed by atoms with Crippen molar-refractivity contribution in [1.82, 2.24) is 4.72 Å². The molecule has 0 amide bonds. The summed E-state index contributed by atoms with van der Waals surface area (Å²) in [4.78, 5) is 0.207. The molecule has 0 saturated carbocycles. The molecule has 0 unspecified atom stereocenters. The molecule has 0 aliphatic carbocycles. The van der Waals surface area contributed by atoms with Crippen LogP contribution in [0.15, 0.2) is 27.6 Å². The predicted molar refractivity (Wildman–Crippen MR) is 72.8 cm³/mol. The van der Waals surface area contributed by atoms with Gasteiger partial charge in [0.1, 0.15) is 0 Å². The molecule has 0 bridgehead atoms. The van der Waals surface area contributed by atoms with Gasteiger partial charge in [-0.3, -0.25) is 0 Å². The minimum Gasteiger partial charge on any atom is -0.211 e. The highest BCUT2D eigenvalue weighted by atomic mass is 79.9. The summed E-state index contributed by atoms with van der Waals surface area (Å²) in [6, 6.07) is 4.51. The molecule has 0 fully saturated rings. The van der Waals surface area contributed by atoms with Crippen LogP contribution in [0.1, 0.15) is 6.42 Å². The van der Waals surface area contributed by atoms with Crippen LogP contribution in [0.3, 0.4) is 0 Å². The number of hydrogen-bond donors (Lipinski definition) is 1. The lowest BCUT2D eigenvalue weighted by Gasteiger charge is -2.06. The molecule has 0 saturated heterocycles. The van der Waals surface area contributed by atoms with Crippen molar-refractivity contribution >= 4 is 53.5 Å². The third-order valence-electron chi connectivity index (χ3n) is 1.80. The quantitative estimate of drug-likeness (QED) is 0.619. The summed E-state index contributed by atoms with van der Waals surface area (Å²) in [7, 11) is -3.43. The van der Waals surface area contributed by atoms with E-state index in [9.17, 15) is 8.42 Å². The van der Waals surface area contributed by atoms with E-state index in [4.69, 9.17) is 11.6 Å². The van der Waals surface area contributed by atoms with Crippen molar-refractivity contribution in [3.63, 3.8) is 0 Å². The van der Waals surface area contributed by atoms with Crippen LogP contribution in [0.5, 0.6) is 0 Å². The number of alkyl halides is 1. The number of benzene rings is 1. The average molecular weight is 392 g/mol. The molecule has 3 nitrogen and oxygen atoms in total. The SMILES string of the molecule is O=S(=O)(NCCCBr)c1ccc(Cl)c(Br)c1. The standard InChI is InChI=1S/C9H10Br2ClNO2S/c10-4-1-5-13-16(14,15)7-2-3-9(12)8(11)6-7/h2-3,6,13H,1,4-5H2. The minimum absolute atomic E-state index is 0.207. The maximum absolute atomic E-state index is 11.8. The largest absolute Gasteiger partial charge is 0.240 e. The molecule has 0 aromatic heterocycles. The summed E-state index contributed by atoms with van der Waals surface area (Å²) < 4.78 is 26.6. The van der Waals surface area contributed by atoms with Crippen molar-refractivity contribution in [2.24, 2.45) is 0 Å². The van der Waals surface area contributed by atoms with E-state index in [1.54, 1.807) is 6.07 Å². The van der Waals surface area contributed by atoms with E-state index >= 15 is 0 Å². The summed E-state index contributed by atoms with van der Waals surface area (Å²) in [6.45, 7) is 0.411. The Labute approximate surface area is 117 Å². The molecule has 0 heterocycles. The Balaban J connectivity index is 2.86. The predicted octanol–water partition coefficient (Wildman–Crippen LogP) is 3.17. The summed E-state index contributed by atoms with van der Waals surface area (Å²) in [5.74, 6) is 0. The fourth-order valence-corrected chi connectivity index (χ4v) is 3.03. The second-order valence-corrected chi connectivity index (χ2v) is 6.84. The van der Waals surface area contributed by atoms with Gasteiger partial charge in [-0.25, -0.2) is 13.1 Å². The molecule has 1 aromatic rings. The van der Waals surface area contributed by atoms with Crippen molar-refractivity contribution < 1.29 is 8.42 Å². The highest BCUT2D eigenvalue weighted by Crippen LogP contribution is 2.25. The van der Waals surface area contributed by atoms with Crippen LogP contribution >= 0.6 is 43.5 Å². The molecule has 0 spiro atoms. The van der Waals surface area contributed by atoms with Crippen molar-refractivity contribution in [3.05, 3.63) is 27.7 Å². The van der Waals surface area contributed by atoms with Gasteiger partial charge < -0.3 is 0 Å². The number of hydrogen-bond acceptors (Lipinski definition) is 2. The van der Waals surface area contributed by atoms with Crippen LogP contribution < -0.4 is 4.72 Å². The van der Waals surface area contributed by atoms with Crippen LogP contribution in [0.4, 0.5) is 0 Å². The molecule has 16 heavy (non-hydrogen) atoms. The zero-order valence-corrected chi connectivity index (χ0v) is 13.0. The van der Waals surface area contributed by atoms with E-state index < -0.39 is 10.0 Å². The monoisotopic (exact) mass is 389 g/mol. The second-order valence-electron chi connectivity index (χ2n) is 3.02.